The summed E-state index contributed by atoms with van der Waals surface area (Å²) < 4.78 is 8.19. The van der Waals surface area contributed by atoms with Crippen LogP contribution in [0.15, 0.2) is 41.1 Å². The number of benzene rings is 1. The molecule has 112 valence electrons. The van der Waals surface area contributed by atoms with Gasteiger partial charge in [0.1, 0.15) is 5.75 Å². The highest BCUT2D eigenvalue weighted by atomic mass is 79.9. The van der Waals surface area contributed by atoms with Gasteiger partial charge in [0.15, 0.2) is 6.10 Å². The van der Waals surface area contributed by atoms with Gasteiger partial charge in [-0.15, -0.1) is 0 Å². The molecule has 1 aromatic heterocycles. The molecule has 0 aliphatic carbocycles. The predicted octanol–water partition coefficient (Wildman–Crippen LogP) is 2.88. The Morgan fingerprint density at radius 2 is 2.29 bits per heavy atom. The molecule has 1 N–H and O–H groups in total. The first-order valence-electron chi connectivity index (χ1n) is 6.43. The van der Waals surface area contributed by atoms with Crippen LogP contribution in [0.2, 0.25) is 5.02 Å². The largest absolute Gasteiger partial charge is 0.479 e. The van der Waals surface area contributed by atoms with Gasteiger partial charge in [0.25, 0.3) is 5.91 Å². The Morgan fingerprint density at radius 3 is 2.95 bits per heavy atom. The first-order valence-corrected chi connectivity index (χ1v) is 7.60. The Morgan fingerprint density at radius 1 is 1.52 bits per heavy atom. The fourth-order valence-electron chi connectivity index (χ4n) is 1.68. The van der Waals surface area contributed by atoms with Crippen molar-refractivity contribution in [2.75, 3.05) is 6.54 Å². The van der Waals surface area contributed by atoms with Crippen molar-refractivity contribution in [1.82, 2.24) is 15.1 Å². The molecule has 2 rings (SSSR count). The maximum Gasteiger partial charge on any atom is 0.260 e. The second kappa shape index (κ2) is 7.47. The fraction of sp³-hybridized carbons (Fsp3) is 0.286. The number of hydrogen-bond acceptors (Lipinski definition) is 3. The third-order valence-electron chi connectivity index (χ3n) is 2.75. The molecular formula is C14H15BrClN3O2. The summed E-state index contributed by atoms with van der Waals surface area (Å²) in [5.41, 5.74) is 0. The average Bonchev–Trinajstić information content (AvgIpc) is 2.87. The number of para-hydroxylation sites is 1. The number of ether oxygens (including phenoxy) is 1. The number of hydrogen-bond donors (Lipinski definition) is 1. The smallest absolute Gasteiger partial charge is 0.260 e. The predicted molar refractivity (Wildman–Crippen MR) is 84.5 cm³/mol. The lowest BCUT2D eigenvalue weighted by molar-refractivity contribution is -0.127. The number of amides is 1. The number of nitrogens with one attached hydrogen (secondary N) is 1. The van der Waals surface area contributed by atoms with Crippen molar-refractivity contribution in [3.05, 3.63) is 46.2 Å². The third kappa shape index (κ3) is 4.75. The van der Waals surface area contributed by atoms with Gasteiger partial charge in [-0.25, -0.2) is 0 Å². The number of halogens is 2. The summed E-state index contributed by atoms with van der Waals surface area (Å²) in [6, 6.07) is 7.06. The Kier molecular flexibility index (Phi) is 5.64. The van der Waals surface area contributed by atoms with Crippen molar-refractivity contribution in [3.8, 4) is 5.75 Å². The van der Waals surface area contributed by atoms with E-state index in [1.54, 1.807) is 36.0 Å². The quantitative estimate of drug-likeness (QED) is 0.848. The van der Waals surface area contributed by atoms with Gasteiger partial charge in [0, 0.05) is 12.7 Å². The lowest BCUT2D eigenvalue weighted by Crippen LogP contribution is -2.38. The molecule has 0 aliphatic heterocycles. The van der Waals surface area contributed by atoms with Crippen molar-refractivity contribution < 1.29 is 9.53 Å². The highest BCUT2D eigenvalue weighted by Crippen LogP contribution is 2.24. The first kappa shape index (κ1) is 15.9. The molecule has 21 heavy (non-hydrogen) atoms. The third-order valence-corrected chi connectivity index (χ3v) is 3.47. The molecule has 0 saturated heterocycles. The molecule has 0 spiro atoms. The van der Waals surface area contributed by atoms with E-state index in [4.69, 9.17) is 16.3 Å². The zero-order valence-corrected chi connectivity index (χ0v) is 13.8. The maximum atomic E-state index is 11.9. The molecule has 1 amide bonds. The molecule has 0 bridgehead atoms. The molecule has 1 heterocycles. The van der Waals surface area contributed by atoms with Crippen molar-refractivity contribution in [2.45, 2.75) is 19.6 Å². The lowest BCUT2D eigenvalue weighted by atomic mass is 10.3. The van der Waals surface area contributed by atoms with Gasteiger partial charge in [0.2, 0.25) is 0 Å². The van der Waals surface area contributed by atoms with E-state index in [1.807, 2.05) is 12.3 Å². The van der Waals surface area contributed by atoms with Crippen molar-refractivity contribution in [3.63, 3.8) is 0 Å². The monoisotopic (exact) mass is 371 g/mol. The van der Waals surface area contributed by atoms with Crippen LogP contribution >= 0.6 is 27.5 Å². The number of carbonyl (C=O) groups is 1. The van der Waals surface area contributed by atoms with Crippen LogP contribution < -0.4 is 10.1 Å². The van der Waals surface area contributed by atoms with Gasteiger partial charge in [0.05, 0.1) is 22.2 Å². The SMILES string of the molecule is CC(Oc1ccccc1Cl)C(=O)NCCn1cc(Br)cn1. The van der Waals surface area contributed by atoms with E-state index in [0.717, 1.165) is 4.47 Å². The molecule has 0 saturated carbocycles. The Bertz CT molecular complexity index is 618. The molecule has 1 atom stereocenters. The summed E-state index contributed by atoms with van der Waals surface area (Å²) in [4.78, 5) is 11.9. The second-order valence-corrected chi connectivity index (χ2v) is 5.73. The zero-order chi connectivity index (χ0) is 15.2. The minimum atomic E-state index is -0.616. The number of aromatic nitrogens is 2. The van der Waals surface area contributed by atoms with Crippen LogP contribution in [0.4, 0.5) is 0 Å². The van der Waals surface area contributed by atoms with E-state index in [1.165, 1.54) is 0 Å². The molecule has 1 unspecified atom stereocenters. The molecule has 7 heteroatoms. The van der Waals surface area contributed by atoms with Gasteiger partial charge in [-0.3, -0.25) is 9.48 Å². The highest BCUT2D eigenvalue weighted by Gasteiger charge is 2.15. The second-order valence-electron chi connectivity index (χ2n) is 4.40. The van der Waals surface area contributed by atoms with Crippen LogP contribution in [0.25, 0.3) is 0 Å². The molecule has 0 radical (unpaired) electrons. The van der Waals surface area contributed by atoms with Crippen molar-refractivity contribution >= 4 is 33.4 Å². The summed E-state index contributed by atoms with van der Waals surface area (Å²) in [5, 5.41) is 7.39. The molecule has 0 fully saturated rings. The van der Waals surface area contributed by atoms with Crippen LogP contribution in [-0.2, 0) is 11.3 Å². The van der Waals surface area contributed by atoms with Crippen LogP contribution in [0.3, 0.4) is 0 Å². The first-order chi connectivity index (χ1) is 10.1. The maximum absolute atomic E-state index is 11.9. The lowest BCUT2D eigenvalue weighted by Gasteiger charge is -2.15. The summed E-state index contributed by atoms with van der Waals surface area (Å²) >= 11 is 9.30. The Hall–Kier alpha value is -1.53. The van der Waals surface area contributed by atoms with Crippen LogP contribution in [0.1, 0.15) is 6.92 Å². The van der Waals surface area contributed by atoms with Gasteiger partial charge < -0.3 is 10.1 Å². The van der Waals surface area contributed by atoms with Gasteiger partial charge in [-0.05, 0) is 35.0 Å². The van der Waals surface area contributed by atoms with Crippen LogP contribution in [-0.4, -0.2) is 28.3 Å². The van der Waals surface area contributed by atoms with E-state index in [9.17, 15) is 4.79 Å². The van der Waals surface area contributed by atoms with E-state index >= 15 is 0 Å². The van der Waals surface area contributed by atoms with E-state index < -0.39 is 6.10 Å². The fourth-order valence-corrected chi connectivity index (χ4v) is 2.19. The van der Waals surface area contributed by atoms with Crippen LogP contribution in [0.5, 0.6) is 5.75 Å². The Labute approximate surface area is 136 Å². The van der Waals surface area contributed by atoms with E-state index in [2.05, 4.69) is 26.3 Å². The summed E-state index contributed by atoms with van der Waals surface area (Å²) in [7, 11) is 0. The van der Waals surface area contributed by atoms with Gasteiger partial charge >= 0.3 is 0 Å². The molecule has 1 aromatic carbocycles. The standard InChI is InChI=1S/C14H15BrClN3O2/c1-10(21-13-5-3-2-4-12(13)16)14(20)17-6-7-19-9-11(15)8-18-19/h2-5,8-10H,6-7H2,1H3,(H,17,20). The van der Waals surface area contributed by atoms with Gasteiger partial charge in [-0.1, -0.05) is 23.7 Å². The minimum absolute atomic E-state index is 0.193. The molecule has 2 aromatic rings. The normalized spacial score (nSPS) is 12.0. The number of nitrogens with zero attached hydrogens (tertiary/aromatic N) is 2. The Balaban J connectivity index is 1.79. The average molecular weight is 373 g/mol. The number of rotatable bonds is 6. The number of carbonyl (C=O) groups excluding carboxylic acids is 1. The highest BCUT2D eigenvalue weighted by molar-refractivity contribution is 9.10. The summed E-state index contributed by atoms with van der Waals surface area (Å²) in [5.74, 6) is 0.305. The molecule has 0 aliphatic rings. The van der Waals surface area contributed by atoms with Crippen molar-refractivity contribution in [1.29, 1.82) is 0 Å². The topological polar surface area (TPSA) is 56.1 Å². The van der Waals surface area contributed by atoms with Gasteiger partial charge in [-0.2, -0.15) is 5.10 Å². The minimum Gasteiger partial charge on any atom is -0.479 e. The van der Waals surface area contributed by atoms with Crippen molar-refractivity contribution in [2.24, 2.45) is 0 Å². The summed E-state index contributed by atoms with van der Waals surface area (Å²) in [6.45, 7) is 2.75. The summed E-state index contributed by atoms with van der Waals surface area (Å²) in [6.07, 6.45) is 2.93. The molecular weight excluding hydrogens is 358 g/mol. The van der Waals surface area contributed by atoms with E-state index in [-0.39, 0.29) is 5.91 Å². The van der Waals surface area contributed by atoms with E-state index in [0.29, 0.717) is 23.9 Å². The zero-order valence-electron chi connectivity index (χ0n) is 11.4. The molecule has 5 nitrogen and oxygen atoms in total. The van der Waals surface area contributed by atoms with Crippen LogP contribution in [0, 0.1) is 0 Å².